The van der Waals surface area contributed by atoms with Gasteiger partial charge in [0.05, 0.1) is 0 Å². The van der Waals surface area contributed by atoms with E-state index in [1.165, 1.54) is 31.5 Å². The normalized spacial score (nSPS) is 18.4. The van der Waals surface area contributed by atoms with Gasteiger partial charge in [0.15, 0.2) is 0 Å². The Bertz CT molecular complexity index is 778. The van der Waals surface area contributed by atoms with Crippen LogP contribution in [0.2, 0.25) is 0 Å². The summed E-state index contributed by atoms with van der Waals surface area (Å²) in [5, 5.41) is 2.78. The molecule has 0 spiro atoms. The molecule has 1 aromatic heterocycles. The number of nitrogens with one attached hydrogen (secondary N) is 3. The van der Waals surface area contributed by atoms with Crippen molar-refractivity contribution in [2.45, 2.75) is 56.3 Å². The number of rotatable bonds is 8. The van der Waals surface area contributed by atoms with E-state index in [0.29, 0.717) is 25.4 Å². The smallest absolute Gasteiger partial charge is 0.270 e. The van der Waals surface area contributed by atoms with Gasteiger partial charge in [-0.3, -0.25) is 9.59 Å². The summed E-state index contributed by atoms with van der Waals surface area (Å²) >= 11 is 0. The second-order valence-electron chi connectivity index (χ2n) is 7.70. The lowest BCUT2D eigenvalue weighted by atomic mass is 9.87. The molecule has 3 N–H and O–H groups in total. The molecule has 0 aromatic carbocycles. The summed E-state index contributed by atoms with van der Waals surface area (Å²) in [5.74, 6) is 0.261. The highest BCUT2D eigenvalue weighted by molar-refractivity contribution is 7.89. The van der Waals surface area contributed by atoms with Crippen LogP contribution in [-0.4, -0.2) is 56.3 Å². The number of carbonyl (C=O) groups is 2. The second kappa shape index (κ2) is 9.56. The topological polar surface area (TPSA) is 111 Å². The highest BCUT2D eigenvalue weighted by atomic mass is 32.2. The van der Waals surface area contributed by atoms with Crippen molar-refractivity contribution in [1.82, 2.24) is 19.9 Å². The number of hydrogen-bond acceptors (Lipinski definition) is 4. The average Bonchev–Trinajstić information content (AvgIpc) is 3.38. The molecular weight excluding hydrogens is 380 g/mol. The highest BCUT2D eigenvalue weighted by Crippen LogP contribution is 2.26. The maximum Gasteiger partial charge on any atom is 0.270 e. The molecule has 2 amide bonds. The summed E-state index contributed by atoms with van der Waals surface area (Å²) in [5.41, 5.74) is 0.281. The molecule has 2 heterocycles. The number of aromatic nitrogens is 1. The number of hydrogen-bond donors (Lipinski definition) is 3. The molecule has 28 heavy (non-hydrogen) atoms. The molecule has 0 unspecified atom stereocenters. The maximum absolute atomic E-state index is 12.4. The monoisotopic (exact) mass is 410 g/mol. The zero-order chi connectivity index (χ0) is 20.0. The van der Waals surface area contributed by atoms with Crippen LogP contribution < -0.4 is 10.0 Å². The van der Waals surface area contributed by atoms with Gasteiger partial charge in [0.25, 0.3) is 5.91 Å². The number of nitrogens with zero attached hydrogens (tertiary/aromatic N) is 1. The third-order valence-electron chi connectivity index (χ3n) is 5.53. The molecule has 1 saturated carbocycles. The summed E-state index contributed by atoms with van der Waals surface area (Å²) in [4.78, 5) is 28.8. The van der Waals surface area contributed by atoms with Crippen LogP contribution in [0.4, 0.5) is 0 Å². The number of H-pyrrole nitrogens is 1. The van der Waals surface area contributed by atoms with Crippen molar-refractivity contribution < 1.29 is 18.0 Å². The van der Waals surface area contributed by atoms with E-state index in [4.69, 9.17) is 0 Å². The Hall–Kier alpha value is -1.87. The largest absolute Gasteiger partial charge is 0.356 e. The van der Waals surface area contributed by atoms with Crippen LogP contribution in [-0.2, 0) is 14.8 Å². The Morgan fingerprint density at radius 3 is 2.50 bits per heavy atom. The van der Waals surface area contributed by atoms with Gasteiger partial charge < -0.3 is 15.2 Å². The molecule has 0 atom stereocenters. The van der Waals surface area contributed by atoms with Crippen molar-refractivity contribution in [1.29, 1.82) is 0 Å². The molecule has 1 aliphatic heterocycles. The van der Waals surface area contributed by atoms with Gasteiger partial charge in [0.2, 0.25) is 15.9 Å². The first kappa shape index (κ1) is 20.9. The molecule has 156 valence electrons. The second-order valence-corrected chi connectivity index (χ2v) is 9.47. The van der Waals surface area contributed by atoms with Crippen molar-refractivity contribution in [3.8, 4) is 0 Å². The van der Waals surface area contributed by atoms with Crippen molar-refractivity contribution >= 4 is 21.8 Å². The van der Waals surface area contributed by atoms with Crippen LogP contribution in [0.5, 0.6) is 0 Å². The van der Waals surface area contributed by atoms with Gasteiger partial charge >= 0.3 is 0 Å². The first-order valence-corrected chi connectivity index (χ1v) is 11.7. The summed E-state index contributed by atoms with van der Waals surface area (Å²) < 4.78 is 27.2. The molecular formula is C19H30N4O4S. The fourth-order valence-electron chi connectivity index (χ4n) is 3.94. The Morgan fingerprint density at radius 2 is 1.79 bits per heavy atom. The molecule has 1 aromatic rings. The van der Waals surface area contributed by atoms with Crippen LogP contribution >= 0.6 is 0 Å². The van der Waals surface area contributed by atoms with Crippen molar-refractivity contribution in [3.05, 3.63) is 18.0 Å². The summed E-state index contributed by atoms with van der Waals surface area (Å²) in [7, 11) is -3.72. The summed E-state index contributed by atoms with van der Waals surface area (Å²) in [6.45, 7) is 1.77. The first-order chi connectivity index (χ1) is 13.5. The van der Waals surface area contributed by atoms with Gasteiger partial charge in [-0.05, 0) is 37.7 Å². The Labute approximate surface area is 166 Å². The molecule has 1 aliphatic carbocycles. The van der Waals surface area contributed by atoms with Crippen LogP contribution in [0.1, 0.15) is 61.9 Å². The van der Waals surface area contributed by atoms with E-state index in [-0.39, 0.29) is 35.5 Å². The van der Waals surface area contributed by atoms with Crippen molar-refractivity contribution in [2.24, 2.45) is 5.92 Å². The molecule has 0 bridgehead atoms. The quantitative estimate of drug-likeness (QED) is 0.565. The van der Waals surface area contributed by atoms with Gasteiger partial charge in [-0.25, -0.2) is 13.1 Å². The van der Waals surface area contributed by atoms with Crippen molar-refractivity contribution in [3.63, 3.8) is 0 Å². The standard InChI is InChI=1S/C19H30N4O4S/c24-18(12-15-6-2-1-3-7-15)20-8-9-22-28(26,27)16-13-17(21-14-16)19(25)23-10-4-5-11-23/h13-15,21-22H,1-12H2,(H,20,24). The van der Waals surface area contributed by atoms with Gasteiger partial charge in [-0.1, -0.05) is 19.3 Å². The Morgan fingerprint density at radius 1 is 1.07 bits per heavy atom. The average molecular weight is 411 g/mol. The lowest BCUT2D eigenvalue weighted by molar-refractivity contribution is -0.122. The highest BCUT2D eigenvalue weighted by Gasteiger charge is 2.23. The molecule has 3 rings (SSSR count). The Balaban J connectivity index is 1.42. The van der Waals surface area contributed by atoms with E-state index in [2.05, 4.69) is 15.0 Å². The van der Waals surface area contributed by atoms with E-state index in [1.807, 2.05) is 0 Å². The van der Waals surface area contributed by atoms with Crippen LogP contribution in [0.3, 0.4) is 0 Å². The molecule has 2 fully saturated rings. The van der Waals surface area contributed by atoms with E-state index in [9.17, 15) is 18.0 Å². The molecule has 2 aliphatic rings. The third-order valence-corrected chi connectivity index (χ3v) is 6.97. The predicted octanol–water partition coefficient (Wildman–Crippen LogP) is 1.62. The first-order valence-electron chi connectivity index (χ1n) is 10.2. The predicted molar refractivity (Wildman–Crippen MR) is 105 cm³/mol. The number of likely N-dealkylation sites (tertiary alicyclic amines) is 1. The van der Waals surface area contributed by atoms with E-state index < -0.39 is 10.0 Å². The SMILES string of the molecule is O=C(CC1CCCCC1)NCCNS(=O)(=O)c1c[nH]c(C(=O)N2CCCC2)c1. The van der Waals surface area contributed by atoms with E-state index in [1.54, 1.807) is 4.90 Å². The number of sulfonamides is 1. The third kappa shape index (κ3) is 5.57. The number of amides is 2. The lowest BCUT2D eigenvalue weighted by Crippen LogP contribution is -2.35. The van der Waals surface area contributed by atoms with E-state index >= 15 is 0 Å². The van der Waals surface area contributed by atoms with Gasteiger partial charge in [-0.15, -0.1) is 0 Å². The molecule has 0 radical (unpaired) electrons. The number of carbonyl (C=O) groups excluding carboxylic acids is 2. The lowest BCUT2D eigenvalue weighted by Gasteiger charge is -2.20. The molecule has 1 saturated heterocycles. The van der Waals surface area contributed by atoms with Gasteiger partial charge in [0, 0.05) is 38.8 Å². The van der Waals surface area contributed by atoms with Gasteiger partial charge in [0.1, 0.15) is 10.6 Å². The minimum atomic E-state index is -3.72. The molecule has 9 heteroatoms. The number of aromatic amines is 1. The zero-order valence-corrected chi connectivity index (χ0v) is 17.0. The minimum absolute atomic E-state index is 0.0220. The van der Waals surface area contributed by atoms with Crippen LogP contribution in [0.25, 0.3) is 0 Å². The van der Waals surface area contributed by atoms with Gasteiger partial charge in [-0.2, -0.15) is 0 Å². The zero-order valence-electron chi connectivity index (χ0n) is 16.2. The maximum atomic E-state index is 12.4. The minimum Gasteiger partial charge on any atom is -0.356 e. The Kier molecular flexibility index (Phi) is 7.12. The van der Waals surface area contributed by atoms with Crippen molar-refractivity contribution in [2.75, 3.05) is 26.2 Å². The summed E-state index contributed by atoms with van der Waals surface area (Å²) in [6, 6.07) is 1.37. The fraction of sp³-hybridized carbons (Fsp3) is 0.684. The van der Waals surface area contributed by atoms with Crippen LogP contribution in [0.15, 0.2) is 17.2 Å². The fourth-order valence-corrected chi connectivity index (χ4v) is 4.96. The van der Waals surface area contributed by atoms with Crippen LogP contribution in [0, 0.1) is 5.92 Å². The van der Waals surface area contributed by atoms with E-state index in [0.717, 1.165) is 25.7 Å². The molecule has 8 nitrogen and oxygen atoms in total. The summed E-state index contributed by atoms with van der Waals surface area (Å²) in [6.07, 6.45) is 9.65.